The Morgan fingerprint density at radius 3 is 2.65 bits per heavy atom. The Kier molecular flexibility index (Phi) is 4.82. The summed E-state index contributed by atoms with van der Waals surface area (Å²) in [5, 5.41) is 3.33. The SMILES string of the molecule is CN(C)C(CNC(=O)c1ccccc1Cl)c1ccco1. The monoisotopic (exact) mass is 292 g/mol. The second-order valence-corrected chi connectivity index (χ2v) is 5.09. The lowest BCUT2D eigenvalue weighted by atomic mass is 10.1. The Balaban J connectivity index is 2.03. The average Bonchev–Trinajstić information content (AvgIpc) is 2.92. The van der Waals surface area contributed by atoms with Gasteiger partial charge in [0.25, 0.3) is 5.91 Å². The van der Waals surface area contributed by atoms with Gasteiger partial charge in [-0.05, 0) is 38.4 Å². The first-order valence-electron chi connectivity index (χ1n) is 6.32. The molecule has 1 N–H and O–H groups in total. The summed E-state index contributed by atoms with van der Waals surface area (Å²) < 4.78 is 5.40. The molecule has 0 fully saturated rings. The highest BCUT2D eigenvalue weighted by Crippen LogP contribution is 2.19. The minimum Gasteiger partial charge on any atom is -0.468 e. The van der Waals surface area contributed by atoms with Gasteiger partial charge in [-0.3, -0.25) is 9.69 Å². The van der Waals surface area contributed by atoms with Crippen LogP contribution in [-0.2, 0) is 0 Å². The Hall–Kier alpha value is -1.78. The van der Waals surface area contributed by atoms with Crippen molar-refractivity contribution in [1.29, 1.82) is 0 Å². The first-order chi connectivity index (χ1) is 9.59. The maximum atomic E-state index is 12.1. The zero-order valence-corrected chi connectivity index (χ0v) is 12.2. The third-order valence-electron chi connectivity index (χ3n) is 3.07. The van der Waals surface area contributed by atoms with Gasteiger partial charge in [-0.2, -0.15) is 0 Å². The maximum absolute atomic E-state index is 12.1. The number of rotatable bonds is 5. The topological polar surface area (TPSA) is 45.5 Å². The van der Waals surface area contributed by atoms with Crippen molar-refractivity contribution in [2.45, 2.75) is 6.04 Å². The summed E-state index contributed by atoms with van der Waals surface area (Å²) in [7, 11) is 3.88. The smallest absolute Gasteiger partial charge is 0.252 e. The molecule has 0 saturated heterocycles. The van der Waals surface area contributed by atoms with Crippen LogP contribution in [0.3, 0.4) is 0 Å². The van der Waals surface area contributed by atoms with Crippen molar-refractivity contribution in [1.82, 2.24) is 10.2 Å². The minimum atomic E-state index is -0.186. The van der Waals surface area contributed by atoms with Crippen LogP contribution in [-0.4, -0.2) is 31.4 Å². The van der Waals surface area contributed by atoms with E-state index in [4.69, 9.17) is 16.0 Å². The lowest BCUT2D eigenvalue weighted by Crippen LogP contribution is -2.34. The van der Waals surface area contributed by atoms with Crippen LogP contribution in [0.25, 0.3) is 0 Å². The van der Waals surface area contributed by atoms with Gasteiger partial charge >= 0.3 is 0 Å². The van der Waals surface area contributed by atoms with Gasteiger partial charge in [0, 0.05) is 6.54 Å². The molecule has 1 aromatic heterocycles. The van der Waals surface area contributed by atoms with E-state index in [1.54, 1.807) is 30.5 Å². The average molecular weight is 293 g/mol. The van der Waals surface area contributed by atoms with Crippen LogP contribution >= 0.6 is 11.6 Å². The number of furan rings is 1. The molecule has 1 aromatic carbocycles. The van der Waals surface area contributed by atoms with E-state index in [0.717, 1.165) is 5.76 Å². The van der Waals surface area contributed by atoms with Crippen LogP contribution < -0.4 is 5.32 Å². The van der Waals surface area contributed by atoms with Crippen LogP contribution in [0.5, 0.6) is 0 Å². The van der Waals surface area contributed by atoms with Gasteiger partial charge in [0.2, 0.25) is 0 Å². The molecule has 0 saturated carbocycles. The second-order valence-electron chi connectivity index (χ2n) is 4.68. The van der Waals surface area contributed by atoms with E-state index in [1.807, 2.05) is 31.1 Å². The van der Waals surface area contributed by atoms with Gasteiger partial charge < -0.3 is 9.73 Å². The van der Waals surface area contributed by atoms with E-state index in [0.29, 0.717) is 17.1 Å². The van der Waals surface area contributed by atoms with E-state index in [-0.39, 0.29) is 11.9 Å². The number of nitrogens with one attached hydrogen (secondary N) is 1. The largest absolute Gasteiger partial charge is 0.468 e. The molecule has 0 bridgehead atoms. The Bertz CT molecular complexity index is 567. The third-order valence-corrected chi connectivity index (χ3v) is 3.40. The second kappa shape index (κ2) is 6.59. The van der Waals surface area contributed by atoms with Gasteiger partial charge in [0.15, 0.2) is 0 Å². The molecule has 1 unspecified atom stereocenters. The van der Waals surface area contributed by atoms with Crippen LogP contribution in [0.2, 0.25) is 5.02 Å². The molecule has 1 amide bonds. The van der Waals surface area contributed by atoms with Crippen molar-refractivity contribution in [3.63, 3.8) is 0 Å². The van der Waals surface area contributed by atoms with Gasteiger partial charge in [0.05, 0.1) is 22.9 Å². The molecule has 0 aliphatic heterocycles. The molecule has 2 aromatic rings. The van der Waals surface area contributed by atoms with E-state index in [1.165, 1.54) is 0 Å². The summed E-state index contributed by atoms with van der Waals surface area (Å²) in [4.78, 5) is 14.1. The van der Waals surface area contributed by atoms with E-state index in [2.05, 4.69) is 5.32 Å². The molecule has 1 atom stereocenters. The predicted molar refractivity (Wildman–Crippen MR) is 78.9 cm³/mol. The molecule has 20 heavy (non-hydrogen) atoms. The molecule has 0 radical (unpaired) electrons. The lowest BCUT2D eigenvalue weighted by molar-refractivity contribution is 0.0939. The maximum Gasteiger partial charge on any atom is 0.252 e. The standard InChI is InChI=1S/C15H17ClN2O2/c1-18(2)13(14-8-5-9-20-14)10-17-15(19)11-6-3-4-7-12(11)16/h3-9,13H,10H2,1-2H3,(H,17,19). The Morgan fingerprint density at radius 1 is 1.30 bits per heavy atom. The number of hydrogen-bond donors (Lipinski definition) is 1. The molecule has 5 heteroatoms. The molecule has 1 heterocycles. The van der Waals surface area contributed by atoms with E-state index in [9.17, 15) is 4.79 Å². The van der Waals surface area contributed by atoms with Crippen LogP contribution in [0, 0.1) is 0 Å². The molecule has 0 spiro atoms. The summed E-state index contributed by atoms with van der Waals surface area (Å²) in [6.07, 6.45) is 1.63. The van der Waals surface area contributed by atoms with E-state index >= 15 is 0 Å². The minimum absolute atomic E-state index is 0.0172. The number of carbonyl (C=O) groups is 1. The van der Waals surface area contributed by atoms with Crippen LogP contribution in [0.15, 0.2) is 47.1 Å². The summed E-state index contributed by atoms with van der Waals surface area (Å²) in [6.45, 7) is 0.449. The Labute approximate surface area is 123 Å². The van der Waals surface area contributed by atoms with E-state index < -0.39 is 0 Å². The van der Waals surface area contributed by atoms with Crippen molar-refractivity contribution in [3.05, 3.63) is 59.0 Å². The summed E-state index contributed by atoms with van der Waals surface area (Å²) in [5.41, 5.74) is 0.478. The number of carbonyl (C=O) groups excluding carboxylic acids is 1. The van der Waals surface area contributed by atoms with Gasteiger partial charge in [-0.15, -0.1) is 0 Å². The van der Waals surface area contributed by atoms with Crippen molar-refractivity contribution in [2.75, 3.05) is 20.6 Å². The van der Waals surface area contributed by atoms with Gasteiger partial charge in [0.1, 0.15) is 5.76 Å². The van der Waals surface area contributed by atoms with Crippen molar-refractivity contribution < 1.29 is 9.21 Å². The number of amides is 1. The zero-order chi connectivity index (χ0) is 14.5. The highest BCUT2D eigenvalue weighted by Gasteiger charge is 2.18. The molecule has 2 rings (SSSR count). The van der Waals surface area contributed by atoms with Gasteiger partial charge in [-0.1, -0.05) is 23.7 Å². The number of nitrogens with zero attached hydrogens (tertiary/aromatic N) is 1. The number of likely N-dealkylation sites (N-methyl/N-ethyl adjacent to an activating group) is 1. The van der Waals surface area contributed by atoms with Gasteiger partial charge in [-0.25, -0.2) is 0 Å². The lowest BCUT2D eigenvalue weighted by Gasteiger charge is -2.22. The Morgan fingerprint density at radius 2 is 2.05 bits per heavy atom. The molecule has 4 nitrogen and oxygen atoms in total. The molecular weight excluding hydrogens is 276 g/mol. The molecule has 0 aliphatic rings. The van der Waals surface area contributed by atoms with Crippen LogP contribution in [0.4, 0.5) is 0 Å². The quantitative estimate of drug-likeness (QED) is 0.921. The highest BCUT2D eigenvalue weighted by molar-refractivity contribution is 6.33. The molecule has 106 valence electrons. The first-order valence-corrected chi connectivity index (χ1v) is 6.70. The number of benzene rings is 1. The number of halogens is 1. The zero-order valence-electron chi connectivity index (χ0n) is 11.5. The van der Waals surface area contributed by atoms with Crippen molar-refractivity contribution in [3.8, 4) is 0 Å². The summed E-state index contributed by atoms with van der Waals surface area (Å²) in [6, 6.07) is 10.7. The summed E-state index contributed by atoms with van der Waals surface area (Å²) >= 11 is 6.01. The number of hydrogen-bond acceptors (Lipinski definition) is 3. The van der Waals surface area contributed by atoms with Crippen molar-refractivity contribution >= 4 is 17.5 Å². The fraction of sp³-hybridized carbons (Fsp3) is 0.267. The van der Waals surface area contributed by atoms with Crippen LogP contribution in [0.1, 0.15) is 22.2 Å². The predicted octanol–water partition coefficient (Wildman–Crippen LogP) is 2.97. The van der Waals surface area contributed by atoms with Crippen molar-refractivity contribution in [2.24, 2.45) is 0 Å². The fourth-order valence-corrected chi connectivity index (χ4v) is 2.17. The third kappa shape index (κ3) is 3.40. The first kappa shape index (κ1) is 14.6. The normalized spacial score (nSPS) is 12.4. The highest BCUT2D eigenvalue weighted by atomic mass is 35.5. The molecule has 0 aliphatic carbocycles. The summed E-state index contributed by atoms with van der Waals surface area (Å²) in [5.74, 6) is 0.628. The fourth-order valence-electron chi connectivity index (χ4n) is 1.95. The molecular formula is C15H17ClN2O2.